The van der Waals surface area contributed by atoms with Gasteiger partial charge in [-0.25, -0.2) is 4.79 Å². The van der Waals surface area contributed by atoms with Gasteiger partial charge in [0.25, 0.3) is 0 Å². The second kappa shape index (κ2) is 6.15. The Morgan fingerprint density at radius 2 is 2.31 bits per heavy atom. The molecule has 1 rings (SSSR count). The Labute approximate surface area is 102 Å². The lowest BCUT2D eigenvalue weighted by Gasteiger charge is -2.32. The van der Waals surface area contributed by atoms with E-state index in [1.54, 1.807) is 0 Å². The Balaban J connectivity index is 2.62. The van der Waals surface area contributed by atoms with Crippen molar-refractivity contribution in [1.82, 2.24) is 9.62 Å². The van der Waals surface area contributed by atoms with E-state index in [4.69, 9.17) is 5.11 Å². The van der Waals surface area contributed by atoms with Crippen molar-refractivity contribution in [2.24, 2.45) is 0 Å². The van der Waals surface area contributed by atoms with Crippen molar-refractivity contribution < 1.29 is 9.90 Å². The van der Waals surface area contributed by atoms with Crippen LogP contribution in [0.1, 0.15) is 33.1 Å². The summed E-state index contributed by atoms with van der Waals surface area (Å²) in [7, 11) is 0. The third kappa shape index (κ3) is 3.15. The molecule has 0 aromatic rings. The maximum Gasteiger partial charge on any atom is 0.327 e. The highest BCUT2D eigenvalue weighted by Crippen LogP contribution is 2.29. The average Bonchev–Trinajstić information content (AvgIpc) is 2.28. The first kappa shape index (κ1) is 13.4. The minimum absolute atomic E-state index is 0.0497. The van der Waals surface area contributed by atoms with Gasteiger partial charge < -0.3 is 10.4 Å². The zero-order chi connectivity index (χ0) is 12.1. The summed E-state index contributed by atoms with van der Waals surface area (Å²) in [6, 6.07) is -0.160. The molecule has 2 amide bonds. The lowest BCUT2D eigenvalue weighted by molar-refractivity contribution is 0.212. The number of carbonyl (C=O) groups is 1. The first-order chi connectivity index (χ1) is 7.57. The molecule has 4 nitrogen and oxygen atoms in total. The molecule has 1 unspecified atom stereocenters. The zero-order valence-corrected chi connectivity index (χ0v) is 10.8. The van der Waals surface area contributed by atoms with Gasteiger partial charge >= 0.3 is 6.03 Å². The van der Waals surface area contributed by atoms with E-state index in [9.17, 15) is 4.79 Å². The lowest BCUT2D eigenvalue weighted by atomic mass is 9.89. The third-order valence-electron chi connectivity index (χ3n) is 3.09. The summed E-state index contributed by atoms with van der Waals surface area (Å²) in [5.41, 5.74) is 2.59. The number of allylic oxidation sites excluding steroid dienone is 1. The molecule has 0 heterocycles. The molecule has 92 valence electrons. The number of thiol groups is 1. The fraction of sp³-hybridized carbons (Fsp3) is 0.727. The topological polar surface area (TPSA) is 52.6 Å². The SMILES string of the molecule is CC1=C(C)C(N(S)C(=O)NCCO)CCC1. The van der Waals surface area contributed by atoms with Gasteiger partial charge in [0.1, 0.15) is 0 Å². The molecule has 0 aromatic carbocycles. The predicted octanol–water partition coefficient (Wildman–Crippen LogP) is 1.72. The molecule has 5 heteroatoms. The minimum Gasteiger partial charge on any atom is -0.395 e. The molecule has 0 bridgehead atoms. The molecule has 0 spiro atoms. The molecule has 0 fully saturated rings. The Kier molecular flexibility index (Phi) is 5.15. The largest absolute Gasteiger partial charge is 0.395 e. The monoisotopic (exact) mass is 244 g/mol. The van der Waals surface area contributed by atoms with Crippen molar-refractivity contribution in [2.45, 2.75) is 39.2 Å². The highest BCUT2D eigenvalue weighted by atomic mass is 32.1. The first-order valence-electron chi connectivity index (χ1n) is 5.61. The summed E-state index contributed by atoms with van der Waals surface area (Å²) in [5, 5.41) is 11.2. The average molecular weight is 244 g/mol. The number of rotatable bonds is 3. The molecular formula is C11H20N2O2S. The number of hydrogen-bond donors (Lipinski definition) is 3. The van der Waals surface area contributed by atoms with E-state index < -0.39 is 0 Å². The highest BCUT2D eigenvalue weighted by molar-refractivity contribution is 7.78. The maximum atomic E-state index is 11.7. The zero-order valence-electron chi connectivity index (χ0n) is 9.86. The summed E-state index contributed by atoms with van der Waals surface area (Å²) >= 11 is 4.25. The van der Waals surface area contributed by atoms with Crippen LogP contribution in [0.3, 0.4) is 0 Å². The van der Waals surface area contributed by atoms with Gasteiger partial charge in [0, 0.05) is 6.54 Å². The quantitative estimate of drug-likeness (QED) is 0.523. The molecular weight excluding hydrogens is 224 g/mol. The number of aliphatic hydroxyl groups is 1. The standard InChI is InChI=1S/C11H20N2O2S/c1-8-4-3-5-10(9(8)2)13(16)11(15)12-6-7-14/h10,14,16H,3-7H2,1-2H3,(H,12,15). The van der Waals surface area contributed by atoms with Crippen LogP contribution in [-0.4, -0.2) is 34.6 Å². The van der Waals surface area contributed by atoms with Crippen LogP contribution in [0, 0.1) is 0 Å². The van der Waals surface area contributed by atoms with E-state index in [-0.39, 0.29) is 25.2 Å². The summed E-state index contributed by atoms with van der Waals surface area (Å²) in [5.74, 6) is 0. The number of carbonyl (C=O) groups excluding carboxylic acids is 1. The van der Waals surface area contributed by atoms with Gasteiger partial charge in [-0.05, 0) is 33.1 Å². The van der Waals surface area contributed by atoms with Crippen LogP contribution >= 0.6 is 12.8 Å². The van der Waals surface area contributed by atoms with Crippen LogP contribution < -0.4 is 5.32 Å². The van der Waals surface area contributed by atoms with Gasteiger partial charge in [0.2, 0.25) is 0 Å². The van der Waals surface area contributed by atoms with Gasteiger partial charge in [-0.3, -0.25) is 4.31 Å². The van der Waals surface area contributed by atoms with Gasteiger partial charge in [-0.2, -0.15) is 0 Å². The number of amides is 2. The third-order valence-corrected chi connectivity index (χ3v) is 3.55. The van der Waals surface area contributed by atoms with Gasteiger partial charge in [-0.1, -0.05) is 24.0 Å². The molecule has 0 aromatic heterocycles. The maximum absolute atomic E-state index is 11.7. The van der Waals surface area contributed by atoms with E-state index >= 15 is 0 Å². The Hall–Kier alpha value is -0.680. The molecule has 0 aliphatic heterocycles. The van der Waals surface area contributed by atoms with E-state index in [0.29, 0.717) is 0 Å². The highest BCUT2D eigenvalue weighted by Gasteiger charge is 2.25. The number of hydrogen-bond acceptors (Lipinski definition) is 3. The molecule has 1 aliphatic rings. The van der Waals surface area contributed by atoms with Crippen LogP contribution in [-0.2, 0) is 0 Å². The van der Waals surface area contributed by atoms with Crippen molar-refractivity contribution in [3.8, 4) is 0 Å². The lowest BCUT2D eigenvalue weighted by Crippen LogP contribution is -2.42. The van der Waals surface area contributed by atoms with E-state index in [1.807, 2.05) is 0 Å². The number of urea groups is 1. The Bertz CT molecular complexity index is 292. The minimum atomic E-state index is -0.239. The van der Waals surface area contributed by atoms with Crippen molar-refractivity contribution in [3.63, 3.8) is 0 Å². The number of aliphatic hydroxyl groups excluding tert-OH is 1. The fourth-order valence-corrected chi connectivity index (χ4v) is 2.31. The number of nitrogens with zero attached hydrogens (tertiary/aromatic N) is 1. The van der Waals surface area contributed by atoms with E-state index in [2.05, 4.69) is 32.0 Å². The van der Waals surface area contributed by atoms with E-state index in [1.165, 1.54) is 15.5 Å². The Morgan fingerprint density at radius 3 is 2.94 bits per heavy atom. The van der Waals surface area contributed by atoms with Crippen molar-refractivity contribution >= 4 is 18.8 Å². The normalized spacial score (nSPS) is 20.9. The molecule has 2 N–H and O–H groups in total. The molecule has 0 saturated carbocycles. The van der Waals surface area contributed by atoms with Crippen LogP contribution in [0.2, 0.25) is 0 Å². The van der Waals surface area contributed by atoms with Crippen molar-refractivity contribution in [1.29, 1.82) is 0 Å². The van der Waals surface area contributed by atoms with Crippen LogP contribution in [0.15, 0.2) is 11.1 Å². The second-order valence-corrected chi connectivity index (χ2v) is 4.60. The van der Waals surface area contributed by atoms with Gasteiger partial charge in [0.15, 0.2) is 0 Å². The van der Waals surface area contributed by atoms with E-state index in [0.717, 1.165) is 19.3 Å². The van der Waals surface area contributed by atoms with Crippen LogP contribution in [0.4, 0.5) is 4.79 Å². The summed E-state index contributed by atoms with van der Waals surface area (Å²) in [4.78, 5) is 11.7. The molecule has 0 radical (unpaired) electrons. The summed E-state index contributed by atoms with van der Waals surface area (Å²) in [6.07, 6.45) is 3.17. The molecule has 1 aliphatic carbocycles. The Morgan fingerprint density at radius 1 is 1.62 bits per heavy atom. The summed E-state index contributed by atoms with van der Waals surface area (Å²) < 4.78 is 1.44. The molecule has 16 heavy (non-hydrogen) atoms. The predicted molar refractivity (Wildman–Crippen MR) is 67.3 cm³/mol. The van der Waals surface area contributed by atoms with Crippen LogP contribution in [0.5, 0.6) is 0 Å². The van der Waals surface area contributed by atoms with Crippen molar-refractivity contribution in [3.05, 3.63) is 11.1 Å². The summed E-state index contributed by atoms with van der Waals surface area (Å²) in [6.45, 7) is 4.38. The fourth-order valence-electron chi connectivity index (χ4n) is 1.95. The number of nitrogens with one attached hydrogen (secondary N) is 1. The molecule has 1 atom stereocenters. The van der Waals surface area contributed by atoms with Crippen molar-refractivity contribution in [2.75, 3.05) is 13.2 Å². The smallest absolute Gasteiger partial charge is 0.327 e. The second-order valence-electron chi connectivity index (χ2n) is 4.17. The van der Waals surface area contributed by atoms with Gasteiger partial charge in [0.05, 0.1) is 12.6 Å². The first-order valence-corrected chi connectivity index (χ1v) is 6.01. The van der Waals surface area contributed by atoms with Crippen LogP contribution in [0.25, 0.3) is 0 Å². The van der Waals surface area contributed by atoms with Gasteiger partial charge in [-0.15, -0.1) is 0 Å². The molecule has 0 saturated heterocycles.